The lowest BCUT2D eigenvalue weighted by Gasteiger charge is -2.11. The molecule has 2 N–H and O–H groups in total. The average Bonchev–Trinajstić information content (AvgIpc) is 2.42. The normalized spacial score (nSPS) is 10.0. The first kappa shape index (κ1) is 16.3. The van der Waals surface area contributed by atoms with Crippen molar-refractivity contribution in [3.8, 4) is 0 Å². The molecule has 2 aromatic rings. The fraction of sp³-hybridized carbons (Fsp3) is 0. The second-order valence-electron chi connectivity index (χ2n) is 4.01. The second-order valence-corrected chi connectivity index (χ2v) is 6.52. The molecule has 108 valence electrons. The third-order valence-electron chi connectivity index (χ3n) is 2.52. The summed E-state index contributed by atoms with van der Waals surface area (Å²) in [5, 5.41) is 5.21. The van der Waals surface area contributed by atoms with Gasteiger partial charge in [-0.25, -0.2) is 4.39 Å². The molecule has 0 aliphatic carbocycles. The van der Waals surface area contributed by atoms with Crippen LogP contribution < -0.4 is 10.6 Å². The number of nitrogens with one attached hydrogen (secondary N) is 2. The van der Waals surface area contributed by atoms with Crippen LogP contribution in [0.2, 0.25) is 0 Å². The molecule has 0 bridgehead atoms. The van der Waals surface area contributed by atoms with E-state index in [1.807, 2.05) is 22.6 Å². The molecule has 0 fully saturated rings. The minimum atomic E-state index is -0.431. The molecule has 2 aromatic carbocycles. The molecule has 0 heterocycles. The highest BCUT2D eigenvalue weighted by molar-refractivity contribution is 14.1. The maximum Gasteiger partial charge on any atom is 0.258 e. The van der Waals surface area contributed by atoms with Crippen molar-refractivity contribution in [1.29, 1.82) is 0 Å². The smallest absolute Gasteiger partial charge is 0.258 e. The highest BCUT2D eigenvalue weighted by Gasteiger charge is 2.12. The molecule has 2 rings (SSSR count). The van der Waals surface area contributed by atoms with E-state index in [2.05, 4.69) is 26.6 Å². The predicted octanol–water partition coefficient (Wildman–Crippen LogP) is 4.32. The third kappa shape index (κ3) is 4.45. The average molecular weight is 479 g/mol. The highest BCUT2D eigenvalue weighted by atomic mass is 127. The number of hydrogen-bond acceptors (Lipinski definition) is 2. The Bertz CT molecular complexity index is 711. The first-order valence-corrected chi connectivity index (χ1v) is 8.07. The maximum atomic E-state index is 13.7. The Hall–Kier alpha value is -1.06. The van der Waals surface area contributed by atoms with Crippen LogP contribution in [0.4, 0.5) is 10.1 Å². The van der Waals surface area contributed by atoms with Crippen molar-refractivity contribution in [2.75, 3.05) is 5.32 Å². The minimum absolute atomic E-state index is 0.0378. The van der Waals surface area contributed by atoms with Gasteiger partial charge in [0.2, 0.25) is 0 Å². The summed E-state index contributed by atoms with van der Waals surface area (Å²) < 4.78 is 15.1. The third-order valence-corrected chi connectivity index (χ3v) is 4.09. The molecule has 0 saturated heterocycles. The fourth-order valence-electron chi connectivity index (χ4n) is 1.56. The zero-order chi connectivity index (χ0) is 15.4. The van der Waals surface area contributed by atoms with Crippen LogP contribution in [0.3, 0.4) is 0 Å². The van der Waals surface area contributed by atoms with Crippen molar-refractivity contribution in [1.82, 2.24) is 5.32 Å². The van der Waals surface area contributed by atoms with Gasteiger partial charge in [0.05, 0.1) is 11.3 Å². The van der Waals surface area contributed by atoms with Crippen LogP contribution in [0, 0.1) is 9.39 Å². The van der Waals surface area contributed by atoms with Crippen molar-refractivity contribution in [3.63, 3.8) is 0 Å². The van der Waals surface area contributed by atoms with Gasteiger partial charge in [-0.3, -0.25) is 10.1 Å². The molecular weight excluding hydrogens is 470 g/mol. The van der Waals surface area contributed by atoms with E-state index >= 15 is 0 Å². The van der Waals surface area contributed by atoms with Gasteiger partial charge in [0.25, 0.3) is 5.91 Å². The van der Waals surface area contributed by atoms with Crippen LogP contribution in [0.5, 0.6) is 0 Å². The van der Waals surface area contributed by atoms with Gasteiger partial charge in [0.1, 0.15) is 5.82 Å². The first-order valence-electron chi connectivity index (χ1n) is 5.79. The molecule has 7 heteroatoms. The van der Waals surface area contributed by atoms with Crippen molar-refractivity contribution in [3.05, 3.63) is 61.9 Å². The predicted molar refractivity (Wildman–Crippen MR) is 96.9 cm³/mol. The number of halogens is 3. The molecule has 0 spiro atoms. The lowest BCUT2D eigenvalue weighted by molar-refractivity contribution is 0.0977. The van der Waals surface area contributed by atoms with Crippen LogP contribution in [-0.2, 0) is 0 Å². The van der Waals surface area contributed by atoms with Crippen LogP contribution in [0.15, 0.2) is 46.9 Å². The lowest BCUT2D eigenvalue weighted by atomic mass is 10.2. The van der Waals surface area contributed by atoms with Crippen molar-refractivity contribution >= 4 is 67.4 Å². The molecule has 0 aliphatic rings. The Morgan fingerprint density at radius 1 is 1.24 bits per heavy atom. The van der Waals surface area contributed by atoms with Crippen LogP contribution >= 0.6 is 50.7 Å². The zero-order valence-corrected chi connectivity index (χ0v) is 15.1. The van der Waals surface area contributed by atoms with Gasteiger partial charge in [0, 0.05) is 8.04 Å². The van der Waals surface area contributed by atoms with E-state index in [-0.39, 0.29) is 16.7 Å². The standard InChI is InChI=1S/C14H9BrFIN2OS/c15-10-4-2-1-3-9(10)13(20)19-14(21)18-12-6-5-8(17)7-11(12)16/h1-7H,(H2,18,19,20,21). The van der Waals surface area contributed by atoms with E-state index in [1.165, 1.54) is 6.07 Å². The number of thiocarbonyl (C=S) groups is 1. The van der Waals surface area contributed by atoms with E-state index in [0.717, 1.165) is 3.57 Å². The molecule has 1 amide bonds. The van der Waals surface area contributed by atoms with Gasteiger partial charge in [-0.1, -0.05) is 12.1 Å². The Labute approximate surface area is 148 Å². The molecule has 0 aliphatic heterocycles. The molecule has 0 atom stereocenters. The monoisotopic (exact) mass is 478 g/mol. The lowest BCUT2D eigenvalue weighted by Crippen LogP contribution is -2.34. The van der Waals surface area contributed by atoms with Gasteiger partial charge >= 0.3 is 0 Å². The van der Waals surface area contributed by atoms with Crippen molar-refractivity contribution < 1.29 is 9.18 Å². The Balaban J connectivity index is 2.05. The molecule has 0 saturated carbocycles. The van der Waals surface area contributed by atoms with E-state index in [4.69, 9.17) is 12.2 Å². The maximum absolute atomic E-state index is 13.7. The van der Waals surface area contributed by atoms with Gasteiger partial charge in [-0.05, 0) is 81.1 Å². The second kappa shape index (κ2) is 7.28. The molecular formula is C14H9BrFIN2OS. The largest absolute Gasteiger partial charge is 0.330 e. The van der Waals surface area contributed by atoms with Crippen LogP contribution in [-0.4, -0.2) is 11.0 Å². The van der Waals surface area contributed by atoms with Gasteiger partial charge in [-0.2, -0.15) is 0 Å². The number of rotatable bonds is 2. The summed E-state index contributed by atoms with van der Waals surface area (Å²) in [4.78, 5) is 12.0. The Morgan fingerprint density at radius 2 is 1.95 bits per heavy atom. The number of amides is 1. The number of hydrogen-bond donors (Lipinski definition) is 2. The summed E-state index contributed by atoms with van der Waals surface area (Å²) in [6.45, 7) is 0. The molecule has 3 nitrogen and oxygen atoms in total. The van der Waals surface area contributed by atoms with E-state index in [1.54, 1.807) is 36.4 Å². The quantitative estimate of drug-likeness (QED) is 0.499. The van der Waals surface area contributed by atoms with Crippen molar-refractivity contribution in [2.24, 2.45) is 0 Å². The molecule has 0 unspecified atom stereocenters. The number of carbonyl (C=O) groups excluding carboxylic acids is 1. The summed E-state index contributed by atoms with van der Waals surface area (Å²) >= 11 is 10.3. The van der Waals surface area contributed by atoms with E-state index in [0.29, 0.717) is 10.0 Å². The van der Waals surface area contributed by atoms with Crippen molar-refractivity contribution in [2.45, 2.75) is 0 Å². The summed E-state index contributed by atoms with van der Waals surface area (Å²) in [5.74, 6) is -0.801. The van der Waals surface area contributed by atoms with Gasteiger partial charge in [-0.15, -0.1) is 0 Å². The van der Waals surface area contributed by atoms with E-state index in [9.17, 15) is 9.18 Å². The summed E-state index contributed by atoms with van der Waals surface area (Å²) in [6, 6.07) is 11.6. The Morgan fingerprint density at radius 3 is 2.62 bits per heavy atom. The fourth-order valence-corrected chi connectivity index (χ4v) is 2.68. The molecule has 21 heavy (non-hydrogen) atoms. The summed E-state index contributed by atoms with van der Waals surface area (Å²) in [6.07, 6.45) is 0. The number of carbonyl (C=O) groups is 1. The van der Waals surface area contributed by atoms with Gasteiger partial charge in [0.15, 0.2) is 5.11 Å². The summed E-state index contributed by atoms with van der Waals surface area (Å²) in [7, 11) is 0. The Kier molecular flexibility index (Phi) is 5.65. The van der Waals surface area contributed by atoms with E-state index < -0.39 is 5.82 Å². The molecule has 0 radical (unpaired) electrons. The van der Waals surface area contributed by atoms with Crippen LogP contribution in [0.25, 0.3) is 0 Å². The summed E-state index contributed by atoms with van der Waals surface area (Å²) in [5.41, 5.74) is 0.664. The van der Waals surface area contributed by atoms with Gasteiger partial charge < -0.3 is 5.32 Å². The van der Waals surface area contributed by atoms with Crippen LogP contribution in [0.1, 0.15) is 10.4 Å². The highest BCUT2D eigenvalue weighted by Crippen LogP contribution is 2.18. The first-order chi connectivity index (χ1) is 9.97. The SMILES string of the molecule is O=C(NC(=S)Nc1ccc(I)cc1F)c1ccccc1Br. The number of anilines is 1. The molecule has 0 aromatic heterocycles. The zero-order valence-electron chi connectivity index (χ0n) is 10.5. The number of benzene rings is 2. The topological polar surface area (TPSA) is 41.1 Å². The minimum Gasteiger partial charge on any atom is -0.330 e.